The average Bonchev–Trinajstić information content (AvgIpc) is 2.97. The number of carbonyl (C=O) groups excluding carboxylic acids is 3. The van der Waals surface area contributed by atoms with Gasteiger partial charge in [0.15, 0.2) is 0 Å². The Balaban J connectivity index is 2.14. The zero-order chi connectivity index (χ0) is 20.7. The van der Waals surface area contributed by atoms with Gasteiger partial charge in [0, 0.05) is 0 Å². The van der Waals surface area contributed by atoms with E-state index in [2.05, 4.69) is 11.9 Å². The normalized spacial score (nSPS) is 17.6. The van der Waals surface area contributed by atoms with Gasteiger partial charge in [0.1, 0.15) is 18.2 Å². The number of cyclic esters (lactones) is 1. The lowest BCUT2D eigenvalue weighted by atomic mass is 10.0. The van der Waals surface area contributed by atoms with Gasteiger partial charge < -0.3 is 14.8 Å². The number of alkyl carbamates (subject to hydrolysis) is 1. The van der Waals surface area contributed by atoms with E-state index in [0.717, 1.165) is 10.5 Å². The van der Waals surface area contributed by atoms with Crippen LogP contribution in [-0.4, -0.2) is 47.3 Å². The molecule has 7 nitrogen and oxygen atoms in total. The van der Waals surface area contributed by atoms with Gasteiger partial charge in [-0.3, -0.25) is 4.79 Å². The Morgan fingerprint density at radius 3 is 2.64 bits per heavy atom. The summed E-state index contributed by atoms with van der Waals surface area (Å²) in [6.45, 7) is 8.99. The maximum atomic E-state index is 13.1. The molecule has 1 fully saturated rings. The number of hydrogen-bond donors (Lipinski definition) is 1. The van der Waals surface area contributed by atoms with Crippen molar-refractivity contribution in [2.24, 2.45) is 0 Å². The highest BCUT2D eigenvalue weighted by atomic mass is 16.6. The first kappa shape index (κ1) is 21.5. The lowest BCUT2D eigenvalue weighted by molar-refractivity contribution is -0.131. The van der Waals surface area contributed by atoms with Crippen molar-refractivity contribution >= 4 is 18.1 Å². The van der Waals surface area contributed by atoms with Gasteiger partial charge in [-0.05, 0) is 45.6 Å². The molecule has 3 amide bonds. The molecule has 1 heterocycles. The number of imide groups is 1. The van der Waals surface area contributed by atoms with Gasteiger partial charge in [0.05, 0.1) is 6.04 Å². The molecule has 0 spiro atoms. The van der Waals surface area contributed by atoms with Crippen molar-refractivity contribution in [2.75, 3.05) is 6.61 Å². The Hall–Kier alpha value is -2.83. The topological polar surface area (TPSA) is 84.9 Å². The molecular weight excluding hydrogens is 360 g/mol. The van der Waals surface area contributed by atoms with E-state index in [-0.39, 0.29) is 6.61 Å². The summed E-state index contributed by atoms with van der Waals surface area (Å²) in [6, 6.07) is 8.23. The molecule has 152 valence electrons. The Bertz CT molecular complexity index is 711. The minimum atomic E-state index is -0.906. The molecule has 1 aromatic carbocycles. The van der Waals surface area contributed by atoms with E-state index < -0.39 is 35.8 Å². The first-order chi connectivity index (χ1) is 13.2. The van der Waals surface area contributed by atoms with Crippen molar-refractivity contribution < 1.29 is 23.9 Å². The number of benzene rings is 1. The van der Waals surface area contributed by atoms with Crippen LogP contribution in [0.25, 0.3) is 0 Å². The minimum absolute atomic E-state index is 0.125. The Labute approximate surface area is 165 Å². The quantitative estimate of drug-likeness (QED) is 0.724. The molecule has 0 aromatic heterocycles. The first-order valence-corrected chi connectivity index (χ1v) is 9.35. The molecule has 0 saturated carbocycles. The lowest BCUT2D eigenvalue weighted by Gasteiger charge is -2.27. The van der Waals surface area contributed by atoms with E-state index in [1.807, 2.05) is 30.3 Å². The van der Waals surface area contributed by atoms with Crippen LogP contribution in [-0.2, 0) is 20.7 Å². The maximum absolute atomic E-state index is 13.1. The third-order valence-electron chi connectivity index (χ3n) is 4.16. The van der Waals surface area contributed by atoms with E-state index in [9.17, 15) is 14.4 Å². The number of allylic oxidation sites excluding steroid dienone is 1. The SMILES string of the molecule is C=CCC[C@H](NC(=O)OC(C)(C)C)C(=O)N1C(=O)OC[C@@H]1Cc1ccccc1. The van der Waals surface area contributed by atoms with Crippen LogP contribution in [0.5, 0.6) is 0 Å². The van der Waals surface area contributed by atoms with E-state index >= 15 is 0 Å². The molecule has 0 radical (unpaired) electrons. The van der Waals surface area contributed by atoms with Crippen molar-refractivity contribution in [3.8, 4) is 0 Å². The van der Waals surface area contributed by atoms with Crippen LogP contribution in [0, 0.1) is 0 Å². The molecule has 7 heteroatoms. The van der Waals surface area contributed by atoms with Crippen LogP contribution in [0.2, 0.25) is 0 Å². The second-order valence-electron chi connectivity index (χ2n) is 7.69. The molecule has 0 aliphatic carbocycles. The zero-order valence-electron chi connectivity index (χ0n) is 16.6. The molecule has 1 N–H and O–H groups in total. The highest BCUT2D eigenvalue weighted by Crippen LogP contribution is 2.20. The third kappa shape index (κ3) is 6.11. The summed E-state index contributed by atoms with van der Waals surface area (Å²) in [7, 11) is 0. The van der Waals surface area contributed by atoms with Crippen molar-refractivity contribution in [1.29, 1.82) is 0 Å². The molecule has 1 aliphatic heterocycles. The number of nitrogens with one attached hydrogen (secondary N) is 1. The van der Waals surface area contributed by atoms with E-state index in [4.69, 9.17) is 9.47 Å². The highest BCUT2D eigenvalue weighted by Gasteiger charge is 2.41. The van der Waals surface area contributed by atoms with Crippen LogP contribution in [0.1, 0.15) is 39.2 Å². The van der Waals surface area contributed by atoms with Crippen molar-refractivity contribution in [2.45, 2.75) is 57.7 Å². The summed E-state index contributed by atoms with van der Waals surface area (Å²) in [4.78, 5) is 38.6. The van der Waals surface area contributed by atoms with E-state index in [1.165, 1.54) is 0 Å². The van der Waals surface area contributed by atoms with E-state index in [0.29, 0.717) is 19.3 Å². The van der Waals surface area contributed by atoms with Gasteiger partial charge in [-0.1, -0.05) is 36.4 Å². The van der Waals surface area contributed by atoms with Gasteiger partial charge in [-0.2, -0.15) is 0 Å². The zero-order valence-corrected chi connectivity index (χ0v) is 16.6. The maximum Gasteiger partial charge on any atom is 0.417 e. The molecule has 1 saturated heterocycles. The fourth-order valence-corrected chi connectivity index (χ4v) is 2.93. The summed E-state index contributed by atoms with van der Waals surface area (Å²) in [5.74, 6) is -0.504. The van der Waals surface area contributed by atoms with Crippen LogP contribution in [0.15, 0.2) is 43.0 Å². The number of hydrogen-bond acceptors (Lipinski definition) is 5. The standard InChI is InChI=1S/C21H28N2O5/c1-5-6-12-17(22-19(25)28-21(2,3)4)18(24)23-16(14-27-20(23)26)13-15-10-8-7-9-11-15/h5,7-11,16-17H,1,6,12-14H2,2-4H3,(H,22,25)/t16-,17-/m0/s1. The largest absolute Gasteiger partial charge is 0.447 e. The number of rotatable bonds is 7. The Morgan fingerprint density at radius 1 is 1.36 bits per heavy atom. The number of carbonyl (C=O) groups is 3. The average molecular weight is 388 g/mol. The number of ether oxygens (including phenoxy) is 2. The fourth-order valence-electron chi connectivity index (χ4n) is 2.93. The predicted octanol–water partition coefficient (Wildman–Crippen LogP) is 3.44. The predicted molar refractivity (Wildman–Crippen MR) is 105 cm³/mol. The van der Waals surface area contributed by atoms with Crippen LogP contribution in [0.3, 0.4) is 0 Å². The first-order valence-electron chi connectivity index (χ1n) is 9.35. The monoisotopic (exact) mass is 388 g/mol. The number of nitrogens with zero attached hydrogens (tertiary/aromatic N) is 1. The molecule has 1 aliphatic rings. The van der Waals surface area contributed by atoms with E-state index in [1.54, 1.807) is 26.8 Å². The van der Waals surface area contributed by atoms with Crippen molar-refractivity contribution in [3.05, 3.63) is 48.6 Å². The van der Waals surface area contributed by atoms with Crippen molar-refractivity contribution in [1.82, 2.24) is 10.2 Å². The molecule has 2 atom stereocenters. The summed E-state index contributed by atoms with van der Waals surface area (Å²) in [6.07, 6.45) is 1.55. The summed E-state index contributed by atoms with van der Waals surface area (Å²) < 4.78 is 10.4. The van der Waals surface area contributed by atoms with Crippen LogP contribution in [0.4, 0.5) is 9.59 Å². The van der Waals surface area contributed by atoms with Crippen LogP contribution >= 0.6 is 0 Å². The van der Waals surface area contributed by atoms with Gasteiger partial charge in [0.25, 0.3) is 5.91 Å². The van der Waals surface area contributed by atoms with Gasteiger partial charge in [0.2, 0.25) is 0 Å². The summed E-state index contributed by atoms with van der Waals surface area (Å²) >= 11 is 0. The third-order valence-corrected chi connectivity index (χ3v) is 4.16. The summed E-state index contributed by atoms with van der Waals surface area (Å²) in [5, 5.41) is 2.58. The summed E-state index contributed by atoms with van der Waals surface area (Å²) in [5.41, 5.74) is 0.296. The molecular formula is C21H28N2O5. The molecule has 28 heavy (non-hydrogen) atoms. The Kier molecular flexibility index (Phi) is 7.20. The molecule has 0 unspecified atom stereocenters. The smallest absolute Gasteiger partial charge is 0.417 e. The fraction of sp³-hybridized carbons (Fsp3) is 0.476. The van der Waals surface area contributed by atoms with Crippen LogP contribution < -0.4 is 5.32 Å². The second-order valence-corrected chi connectivity index (χ2v) is 7.69. The molecule has 1 aromatic rings. The minimum Gasteiger partial charge on any atom is -0.447 e. The van der Waals surface area contributed by atoms with Gasteiger partial charge in [-0.25, -0.2) is 14.5 Å². The second kappa shape index (κ2) is 9.39. The Morgan fingerprint density at radius 2 is 2.04 bits per heavy atom. The van der Waals surface area contributed by atoms with Gasteiger partial charge >= 0.3 is 12.2 Å². The van der Waals surface area contributed by atoms with Crippen molar-refractivity contribution in [3.63, 3.8) is 0 Å². The molecule has 0 bridgehead atoms. The number of amides is 3. The molecule has 2 rings (SSSR count). The highest BCUT2D eigenvalue weighted by molar-refractivity contribution is 5.97. The van der Waals surface area contributed by atoms with Gasteiger partial charge in [-0.15, -0.1) is 6.58 Å². The lowest BCUT2D eigenvalue weighted by Crippen LogP contribution is -2.52.